The minimum absolute atomic E-state index is 0.0236. The standard InChI is InChI=1S/C15H21BrN2O/c1-2-10-6-3-4-9-13(10)18-15(19)11-7-5-8-12(17)14(11)16/h5,7-8,10,13H,2-4,6,9,17H2,1H3,(H,18,19). The van der Waals surface area contributed by atoms with Crippen molar-refractivity contribution in [2.45, 2.75) is 45.1 Å². The number of hydrogen-bond donors (Lipinski definition) is 2. The SMILES string of the molecule is CCC1CCCCC1NC(=O)c1cccc(N)c1Br. The lowest BCUT2D eigenvalue weighted by Gasteiger charge is -2.31. The fourth-order valence-electron chi connectivity index (χ4n) is 2.86. The van der Waals surface area contributed by atoms with Crippen LogP contribution in [-0.4, -0.2) is 11.9 Å². The zero-order chi connectivity index (χ0) is 13.8. The zero-order valence-corrected chi connectivity index (χ0v) is 12.9. The molecule has 19 heavy (non-hydrogen) atoms. The maximum Gasteiger partial charge on any atom is 0.252 e. The van der Waals surface area contributed by atoms with Crippen molar-refractivity contribution in [1.29, 1.82) is 0 Å². The van der Waals surface area contributed by atoms with Gasteiger partial charge in [0.1, 0.15) is 0 Å². The maximum atomic E-state index is 12.4. The van der Waals surface area contributed by atoms with Crippen LogP contribution in [0.2, 0.25) is 0 Å². The third-order valence-corrected chi connectivity index (χ3v) is 4.91. The first-order valence-electron chi connectivity index (χ1n) is 6.98. The monoisotopic (exact) mass is 324 g/mol. The average Bonchev–Trinajstić information content (AvgIpc) is 2.42. The second-order valence-electron chi connectivity index (χ2n) is 5.24. The summed E-state index contributed by atoms with van der Waals surface area (Å²) in [5, 5.41) is 3.18. The highest BCUT2D eigenvalue weighted by atomic mass is 79.9. The van der Waals surface area contributed by atoms with Crippen LogP contribution in [0.15, 0.2) is 22.7 Å². The third-order valence-electron chi connectivity index (χ3n) is 4.02. The molecule has 2 rings (SSSR count). The van der Waals surface area contributed by atoms with Gasteiger partial charge in [0.25, 0.3) is 5.91 Å². The smallest absolute Gasteiger partial charge is 0.252 e. The molecule has 0 bridgehead atoms. The first-order chi connectivity index (χ1) is 9.13. The molecule has 3 N–H and O–H groups in total. The summed E-state index contributed by atoms with van der Waals surface area (Å²) >= 11 is 3.39. The highest BCUT2D eigenvalue weighted by Gasteiger charge is 2.26. The normalized spacial score (nSPS) is 23.1. The van der Waals surface area contributed by atoms with Crippen LogP contribution in [0.3, 0.4) is 0 Å². The average molecular weight is 325 g/mol. The lowest BCUT2D eigenvalue weighted by Crippen LogP contribution is -2.42. The molecule has 4 heteroatoms. The molecule has 1 amide bonds. The molecule has 1 aliphatic carbocycles. The van der Waals surface area contributed by atoms with E-state index in [0.29, 0.717) is 27.7 Å². The summed E-state index contributed by atoms with van der Waals surface area (Å²) < 4.78 is 0.691. The van der Waals surface area contributed by atoms with Crippen LogP contribution in [0.1, 0.15) is 49.4 Å². The van der Waals surface area contributed by atoms with Crippen molar-refractivity contribution in [3.8, 4) is 0 Å². The van der Waals surface area contributed by atoms with Gasteiger partial charge in [-0.1, -0.05) is 32.3 Å². The number of halogens is 1. The molecule has 2 unspecified atom stereocenters. The fourth-order valence-corrected chi connectivity index (χ4v) is 3.30. The molecule has 3 nitrogen and oxygen atoms in total. The first kappa shape index (κ1) is 14.4. The van der Waals surface area contributed by atoms with E-state index in [1.54, 1.807) is 12.1 Å². The van der Waals surface area contributed by atoms with Gasteiger partial charge in [-0.15, -0.1) is 0 Å². The minimum Gasteiger partial charge on any atom is -0.398 e. The van der Waals surface area contributed by atoms with Gasteiger partial charge in [0.2, 0.25) is 0 Å². The lowest BCUT2D eigenvalue weighted by molar-refractivity contribution is 0.0904. The number of nitrogens with one attached hydrogen (secondary N) is 1. The Balaban J connectivity index is 2.09. The summed E-state index contributed by atoms with van der Waals surface area (Å²) in [6.45, 7) is 2.20. The van der Waals surface area contributed by atoms with Gasteiger partial charge >= 0.3 is 0 Å². The molecule has 104 valence electrons. The highest BCUT2D eigenvalue weighted by Crippen LogP contribution is 2.28. The number of nitrogen functional groups attached to an aromatic ring is 1. The highest BCUT2D eigenvalue weighted by molar-refractivity contribution is 9.10. The number of nitrogens with two attached hydrogens (primary N) is 1. The number of carbonyl (C=O) groups excluding carboxylic acids is 1. The summed E-state index contributed by atoms with van der Waals surface area (Å²) in [6.07, 6.45) is 5.93. The molecule has 1 aliphatic rings. The molecular weight excluding hydrogens is 304 g/mol. The van der Waals surface area contributed by atoms with Crippen LogP contribution in [0, 0.1) is 5.92 Å². The van der Waals surface area contributed by atoms with Crippen molar-refractivity contribution in [2.24, 2.45) is 5.92 Å². The van der Waals surface area contributed by atoms with Crippen LogP contribution in [0.25, 0.3) is 0 Å². The quantitative estimate of drug-likeness (QED) is 0.832. The van der Waals surface area contributed by atoms with Gasteiger partial charge in [0, 0.05) is 11.7 Å². The van der Waals surface area contributed by atoms with Crippen LogP contribution < -0.4 is 11.1 Å². The number of amides is 1. The number of rotatable bonds is 3. The Hall–Kier alpha value is -1.03. The Labute approximate surface area is 123 Å². The van der Waals surface area contributed by atoms with Gasteiger partial charge < -0.3 is 11.1 Å². The van der Waals surface area contributed by atoms with Crippen molar-refractivity contribution in [3.63, 3.8) is 0 Å². The summed E-state index contributed by atoms with van der Waals surface area (Å²) in [4.78, 5) is 12.4. The van der Waals surface area contributed by atoms with Crippen molar-refractivity contribution in [2.75, 3.05) is 5.73 Å². The molecule has 1 aromatic rings. The molecule has 1 aromatic carbocycles. The molecule has 0 aromatic heterocycles. The van der Waals surface area contributed by atoms with Crippen molar-refractivity contribution < 1.29 is 4.79 Å². The van der Waals surface area contributed by atoms with E-state index in [2.05, 4.69) is 28.2 Å². The van der Waals surface area contributed by atoms with Gasteiger partial charge in [-0.05, 0) is 46.8 Å². The van der Waals surface area contributed by atoms with Crippen molar-refractivity contribution in [1.82, 2.24) is 5.32 Å². The van der Waals surface area contributed by atoms with Crippen LogP contribution >= 0.6 is 15.9 Å². The molecule has 0 radical (unpaired) electrons. The van der Waals surface area contributed by atoms with E-state index >= 15 is 0 Å². The number of hydrogen-bond acceptors (Lipinski definition) is 2. The Morgan fingerprint density at radius 3 is 2.89 bits per heavy atom. The van der Waals surface area contributed by atoms with Crippen LogP contribution in [-0.2, 0) is 0 Å². The van der Waals surface area contributed by atoms with Gasteiger partial charge in [-0.2, -0.15) is 0 Å². The Morgan fingerprint density at radius 2 is 2.16 bits per heavy atom. The minimum atomic E-state index is -0.0236. The van der Waals surface area contributed by atoms with E-state index in [9.17, 15) is 4.79 Å². The first-order valence-corrected chi connectivity index (χ1v) is 7.77. The Bertz CT molecular complexity index is 461. The predicted molar refractivity (Wildman–Crippen MR) is 82.1 cm³/mol. The predicted octanol–water partition coefficient (Wildman–Crippen LogP) is 3.73. The second kappa shape index (κ2) is 6.42. The lowest BCUT2D eigenvalue weighted by atomic mass is 9.83. The molecule has 2 atom stereocenters. The number of anilines is 1. The molecule has 1 saturated carbocycles. The number of carbonyl (C=O) groups is 1. The van der Waals surface area contributed by atoms with Crippen LogP contribution in [0.5, 0.6) is 0 Å². The van der Waals surface area contributed by atoms with Gasteiger partial charge in [0.05, 0.1) is 10.0 Å². The topological polar surface area (TPSA) is 55.1 Å². The van der Waals surface area contributed by atoms with Gasteiger partial charge in [-0.3, -0.25) is 4.79 Å². The van der Waals surface area contributed by atoms with Crippen molar-refractivity contribution >= 4 is 27.5 Å². The molecule has 0 spiro atoms. The van der Waals surface area contributed by atoms with Crippen molar-refractivity contribution in [3.05, 3.63) is 28.2 Å². The van der Waals surface area contributed by atoms with Crippen LogP contribution in [0.4, 0.5) is 5.69 Å². The Morgan fingerprint density at radius 1 is 1.42 bits per heavy atom. The van der Waals surface area contributed by atoms with E-state index in [1.165, 1.54) is 19.3 Å². The van der Waals surface area contributed by atoms with E-state index in [4.69, 9.17) is 5.73 Å². The number of benzene rings is 1. The van der Waals surface area contributed by atoms with E-state index in [1.807, 2.05) is 6.07 Å². The zero-order valence-electron chi connectivity index (χ0n) is 11.3. The second-order valence-corrected chi connectivity index (χ2v) is 6.03. The summed E-state index contributed by atoms with van der Waals surface area (Å²) in [5.41, 5.74) is 7.04. The molecule has 0 aliphatic heterocycles. The molecule has 1 fully saturated rings. The summed E-state index contributed by atoms with van der Waals surface area (Å²) in [6, 6.07) is 5.71. The maximum absolute atomic E-state index is 12.4. The fraction of sp³-hybridized carbons (Fsp3) is 0.533. The van der Waals surface area contributed by atoms with Gasteiger partial charge in [0.15, 0.2) is 0 Å². The van der Waals surface area contributed by atoms with E-state index < -0.39 is 0 Å². The summed E-state index contributed by atoms with van der Waals surface area (Å²) in [5.74, 6) is 0.585. The van der Waals surface area contributed by atoms with E-state index in [-0.39, 0.29) is 5.91 Å². The van der Waals surface area contributed by atoms with E-state index in [0.717, 1.165) is 12.8 Å². The molecular formula is C15H21BrN2O. The Kier molecular flexibility index (Phi) is 4.86. The van der Waals surface area contributed by atoms with Gasteiger partial charge in [-0.25, -0.2) is 0 Å². The third kappa shape index (κ3) is 3.30. The largest absolute Gasteiger partial charge is 0.398 e. The molecule has 0 saturated heterocycles. The molecule has 0 heterocycles. The summed E-state index contributed by atoms with van der Waals surface area (Å²) in [7, 11) is 0.